The van der Waals surface area contributed by atoms with Crippen molar-refractivity contribution in [2.75, 3.05) is 7.11 Å². The van der Waals surface area contributed by atoms with E-state index in [9.17, 15) is 14.4 Å². The summed E-state index contributed by atoms with van der Waals surface area (Å²) in [6, 6.07) is 6.54. The van der Waals surface area contributed by atoms with Crippen molar-refractivity contribution in [1.82, 2.24) is 14.7 Å². The number of amides is 1. The number of hydrogen-bond donors (Lipinski definition) is 0. The lowest BCUT2D eigenvalue weighted by molar-refractivity contribution is -0.153. The number of aryl methyl sites for hydroxylation is 1. The van der Waals surface area contributed by atoms with Crippen molar-refractivity contribution in [3.05, 3.63) is 40.3 Å². The smallest absolute Gasteiger partial charge is 0.328 e. The summed E-state index contributed by atoms with van der Waals surface area (Å²) in [5.41, 5.74) is 0.373. The van der Waals surface area contributed by atoms with Crippen LogP contribution in [0.25, 0.3) is 10.8 Å². The zero-order chi connectivity index (χ0) is 18.1. The summed E-state index contributed by atoms with van der Waals surface area (Å²) < 4.78 is 5.93. The van der Waals surface area contributed by atoms with Gasteiger partial charge in [0.15, 0.2) is 0 Å². The van der Waals surface area contributed by atoms with Crippen molar-refractivity contribution in [3.8, 4) is 0 Å². The van der Waals surface area contributed by atoms with E-state index >= 15 is 0 Å². The predicted molar refractivity (Wildman–Crippen MR) is 92.1 cm³/mol. The van der Waals surface area contributed by atoms with Crippen LogP contribution in [-0.4, -0.2) is 45.8 Å². The third-order valence-corrected chi connectivity index (χ3v) is 4.53. The first-order chi connectivity index (χ1) is 11.9. The van der Waals surface area contributed by atoms with E-state index in [2.05, 4.69) is 5.10 Å². The second-order valence-corrected chi connectivity index (χ2v) is 6.33. The molecule has 0 saturated heterocycles. The van der Waals surface area contributed by atoms with Crippen molar-refractivity contribution in [2.24, 2.45) is 0 Å². The summed E-state index contributed by atoms with van der Waals surface area (Å²) in [5.74, 6) is -0.764. The highest BCUT2D eigenvalue weighted by Gasteiger charge is 2.39. The number of fused-ring (bicyclic) bond motifs is 1. The van der Waals surface area contributed by atoms with E-state index in [-0.39, 0.29) is 24.1 Å². The minimum Gasteiger partial charge on any atom is -0.467 e. The molecule has 0 N–H and O–H groups in total. The summed E-state index contributed by atoms with van der Waals surface area (Å²) >= 11 is 0. The molecule has 0 unspecified atom stereocenters. The van der Waals surface area contributed by atoms with Crippen LogP contribution in [0.5, 0.6) is 0 Å². The Labute approximate surface area is 145 Å². The fraction of sp³-hybridized carbons (Fsp3) is 0.444. The van der Waals surface area contributed by atoms with Crippen molar-refractivity contribution >= 4 is 22.6 Å². The lowest BCUT2D eigenvalue weighted by atomic mass is 10.1. The lowest BCUT2D eigenvalue weighted by Gasteiger charge is -2.27. The Morgan fingerprint density at radius 3 is 2.56 bits per heavy atom. The highest BCUT2D eigenvalue weighted by molar-refractivity contribution is 5.86. The van der Waals surface area contributed by atoms with Gasteiger partial charge in [0, 0.05) is 11.4 Å². The fourth-order valence-corrected chi connectivity index (χ4v) is 3.09. The van der Waals surface area contributed by atoms with Gasteiger partial charge in [0.05, 0.1) is 18.2 Å². The maximum atomic E-state index is 12.8. The number of aromatic nitrogens is 2. The standard InChI is InChI=1S/C18H21N3O4/c1-11-14-6-4-5-7-15(14)17(23)20(19-11)10-16(22)21(13-8-9-13)12(2)18(24)25-3/h4-7,12-13H,8-10H2,1-3H3/t12-/m0/s1. The number of rotatable bonds is 5. The van der Waals surface area contributed by atoms with E-state index in [1.54, 1.807) is 26.0 Å². The van der Waals surface area contributed by atoms with E-state index < -0.39 is 12.0 Å². The molecule has 7 nitrogen and oxygen atoms in total. The molecule has 2 aromatic rings. The molecule has 132 valence electrons. The first-order valence-corrected chi connectivity index (χ1v) is 8.29. The molecule has 7 heteroatoms. The summed E-state index contributed by atoms with van der Waals surface area (Å²) in [4.78, 5) is 38.8. The second-order valence-electron chi connectivity index (χ2n) is 6.33. The summed E-state index contributed by atoms with van der Waals surface area (Å²) in [5, 5.41) is 5.57. The van der Waals surface area contributed by atoms with E-state index in [1.165, 1.54) is 16.7 Å². The number of methoxy groups -OCH3 is 1. The molecule has 0 spiro atoms. The molecule has 1 atom stereocenters. The number of carbonyl (C=O) groups excluding carboxylic acids is 2. The third kappa shape index (κ3) is 3.26. The highest BCUT2D eigenvalue weighted by Crippen LogP contribution is 2.29. The van der Waals surface area contributed by atoms with Gasteiger partial charge in [-0.3, -0.25) is 9.59 Å². The number of ether oxygens (including phenoxy) is 1. The molecule has 1 heterocycles. The van der Waals surface area contributed by atoms with Gasteiger partial charge in [-0.1, -0.05) is 18.2 Å². The van der Waals surface area contributed by atoms with Gasteiger partial charge in [-0.2, -0.15) is 5.10 Å². The molecule has 1 aliphatic carbocycles. The van der Waals surface area contributed by atoms with Gasteiger partial charge in [-0.15, -0.1) is 0 Å². The Morgan fingerprint density at radius 2 is 1.96 bits per heavy atom. The van der Waals surface area contributed by atoms with Crippen LogP contribution in [0.4, 0.5) is 0 Å². The Hall–Kier alpha value is -2.70. The molecule has 1 aliphatic rings. The van der Waals surface area contributed by atoms with Gasteiger partial charge < -0.3 is 9.64 Å². The average Bonchev–Trinajstić information content (AvgIpc) is 3.43. The van der Waals surface area contributed by atoms with Crippen LogP contribution >= 0.6 is 0 Å². The molecular formula is C18H21N3O4. The first kappa shape index (κ1) is 17.1. The third-order valence-electron chi connectivity index (χ3n) is 4.53. The van der Waals surface area contributed by atoms with Crippen molar-refractivity contribution < 1.29 is 14.3 Å². The van der Waals surface area contributed by atoms with E-state index in [0.29, 0.717) is 11.1 Å². The van der Waals surface area contributed by atoms with Crippen LogP contribution in [-0.2, 0) is 20.9 Å². The normalized spacial score (nSPS) is 15.0. The quantitative estimate of drug-likeness (QED) is 0.764. The van der Waals surface area contributed by atoms with Crippen LogP contribution in [0.2, 0.25) is 0 Å². The lowest BCUT2D eigenvalue weighted by Crippen LogP contribution is -2.47. The Morgan fingerprint density at radius 1 is 1.32 bits per heavy atom. The van der Waals surface area contributed by atoms with Crippen molar-refractivity contribution in [1.29, 1.82) is 0 Å². The minimum atomic E-state index is -0.678. The Kier molecular flexibility index (Phi) is 4.57. The minimum absolute atomic E-state index is 0.0267. The second kappa shape index (κ2) is 6.66. The molecule has 1 amide bonds. The maximum Gasteiger partial charge on any atom is 0.328 e. The topological polar surface area (TPSA) is 81.5 Å². The molecule has 0 bridgehead atoms. The summed E-state index contributed by atoms with van der Waals surface area (Å²) in [6.07, 6.45) is 1.71. The molecule has 1 fully saturated rings. The predicted octanol–water partition coefficient (Wildman–Crippen LogP) is 1.26. The molecule has 1 aromatic carbocycles. The van der Waals surface area contributed by atoms with E-state index in [0.717, 1.165) is 18.2 Å². The molecule has 3 rings (SSSR count). The van der Waals surface area contributed by atoms with Crippen molar-refractivity contribution in [2.45, 2.75) is 45.3 Å². The van der Waals surface area contributed by atoms with E-state index in [1.807, 2.05) is 12.1 Å². The molecule has 0 radical (unpaired) electrons. The fourth-order valence-electron chi connectivity index (χ4n) is 3.09. The zero-order valence-electron chi connectivity index (χ0n) is 14.6. The van der Waals surface area contributed by atoms with Gasteiger partial charge >= 0.3 is 5.97 Å². The average molecular weight is 343 g/mol. The SMILES string of the molecule is COC(=O)[C@H](C)N(C(=O)Cn1nc(C)c2ccccc2c1=O)C1CC1. The molecule has 1 saturated carbocycles. The first-order valence-electron chi connectivity index (χ1n) is 8.29. The highest BCUT2D eigenvalue weighted by atomic mass is 16.5. The molecule has 0 aliphatic heterocycles. The summed E-state index contributed by atoms with van der Waals surface area (Å²) in [6.45, 7) is 3.25. The Balaban J connectivity index is 1.92. The van der Waals surface area contributed by atoms with Gasteiger partial charge in [0.2, 0.25) is 5.91 Å². The van der Waals surface area contributed by atoms with E-state index in [4.69, 9.17) is 4.74 Å². The van der Waals surface area contributed by atoms with Crippen LogP contribution in [0.3, 0.4) is 0 Å². The number of esters is 1. The van der Waals surface area contributed by atoms with Gasteiger partial charge in [-0.25, -0.2) is 9.48 Å². The van der Waals surface area contributed by atoms with Gasteiger partial charge in [0.1, 0.15) is 12.6 Å². The monoisotopic (exact) mass is 343 g/mol. The molecule has 1 aromatic heterocycles. The number of hydrogen-bond acceptors (Lipinski definition) is 5. The number of nitrogens with zero attached hydrogens (tertiary/aromatic N) is 3. The maximum absolute atomic E-state index is 12.8. The number of carbonyl (C=O) groups is 2. The van der Waals surface area contributed by atoms with Crippen LogP contribution < -0.4 is 5.56 Å². The number of benzene rings is 1. The molecule has 25 heavy (non-hydrogen) atoms. The van der Waals surface area contributed by atoms with Crippen molar-refractivity contribution in [3.63, 3.8) is 0 Å². The van der Waals surface area contributed by atoms with Crippen LogP contribution in [0.1, 0.15) is 25.5 Å². The summed E-state index contributed by atoms with van der Waals surface area (Å²) in [7, 11) is 1.30. The van der Waals surface area contributed by atoms with Gasteiger partial charge in [-0.05, 0) is 32.8 Å². The zero-order valence-corrected chi connectivity index (χ0v) is 14.6. The molecular weight excluding hydrogens is 322 g/mol. The van der Waals surface area contributed by atoms with Crippen LogP contribution in [0.15, 0.2) is 29.1 Å². The van der Waals surface area contributed by atoms with Gasteiger partial charge in [0.25, 0.3) is 5.56 Å². The van der Waals surface area contributed by atoms with Crippen LogP contribution in [0, 0.1) is 6.92 Å². The Bertz CT molecular complexity index is 886. The largest absolute Gasteiger partial charge is 0.467 e.